The third-order valence-electron chi connectivity index (χ3n) is 3.38. The Kier molecular flexibility index (Phi) is 4.72. The molecule has 1 aliphatic rings. The zero-order valence-corrected chi connectivity index (χ0v) is 11.9. The van der Waals surface area contributed by atoms with E-state index in [0.29, 0.717) is 18.5 Å². The maximum atomic E-state index is 13.2. The Balaban J connectivity index is 2.01. The molecule has 1 aliphatic heterocycles. The minimum Gasteiger partial charge on any atom is -0.310 e. The summed E-state index contributed by atoms with van der Waals surface area (Å²) >= 11 is 0. The monoisotopic (exact) mass is 305 g/mol. The van der Waals surface area contributed by atoms with Crippen molar-refractivity contribution < 1.29 is 21.4 Å². The molecule has 0 aromatic heterocycles. The van der Waals surface area contributed by atoms with E-state index in [1.54, 1.807) is 0 Å². The Morgan fingerprint density at radius 3 is 2.75 bits per heavy atom. The van der Waals surface area contributed by atoms with Crippen molar-refractivity contribution in [3.05, 3.63) is 35.4 Å². The summed E-state index contributed by atoms with van der Waals surface area (Å²) in [5.41, 5.74) is 0.660. The number of halogens is 2. The van der Waals surface area contributed by atoms with Gasteiger partial charge in [0.1, 0.15) is 0 Å². The number of piperidine rings is 1. The van der Waals surface area contributed by atoms with E-state index in [1.807, 2.05) is 0 Å². The first kappa shape index (κ1) is 15.3. The Hall–Kier alpha value is -1.05. The van der Waals surface area contributed by atoms with Crippen molar-refractivity contribution in [2.75, 3.05) is 19.4 Å². The third kappa shape index (κ3) is 4.22. The van der Waals surface area contributed by atoms with Crippen molar-refractivity contribution in [2.24, 2.45) is 5.92 Å². The molecule has 1 heterocycles. The van der Waals surface area contributed by atoms with Crippen LogP contribution in [0, 0.1) is 17.6 Å². The number of rotatable bonds is 4. The molecule has 0 aliphatic carbocycles. The molecule has 2 rings (SSSR count). The minimum absolute atomic E-state index is 0.0732. The summed E-state index contributed by atoms with van der Waals surface area (Å²) in [6, 6.07) is 3.69. The second kappa shape index (κ2) is 6.15. The summed E-state index contributed by atoms with van der Waals surface area (Å²) in [5.74, 6) is -1.68. The van der Waals surface area contributed by atoms with E-state index in [1.165, 1.54) is 12.1 Å². The lowest BCUT2D eigenvalue weighted by Gasteiger charge is -2.30. The van der Waals surface area contributed by atoms with Gasteiger partial charge < -0.3 is 5.32 Å². The Labute approximate surface area is 117 Å². The smallest absolute Gasteiger partial charge is 0.264 e. The first-order valence-corrected chi connectivity index (χ1v) is 8.19. The highest BCUT2D eigenvalue weighted by Crippen LogP contribution is 2.28. The normalized spacial score (nSPS) is 23.8. The Morgan fingerprint density at radius 1 is 1.35 bits per heavy atom. The van der Waals surface area contributed by atoms with Gasteiger partial charge in [-0.05, 0) is 43.0 Å². The molecule has 20 heavy (non-hydrogen) atoms. The van der Waals surface area contributed by atoms with Crippen LogP contribution in [0.25, 0.3) is 0 Å². The van der Waals surface area contributed by atoms with Crippen LogP contribution in [-0.2, 0) is 14.3 Å². The van der Waals surface area contributed by atoms with Crippen molar-refractivity contribution in [1.29, 1.82) is 0 Å². The molecule has 2 atom stereocenters. The van der Waals surface area contributed by atoms with Crippen LogP contribution < -0.4 is 5.32 Å². The fraction of sp³-hybridized carbons (Fsp3) is 0.538. The average Bonchev–Trinajstić information content (AvgIpc) is 2.39. The van der Waals surface area contributed by atoms with Crippen LogP contribution in [0.5, 0.6) is 0 Å². The lowest BCUT2D eigenvalue weighted by Crippen LogP contribution is -2.34. The van der Waals surface area contributed by atoms with Crippen molar-refractivity contribution in [1.82, 2.24) is 5.32 Å². The molecule has 1 fully saturated rings. The summed E-state index contributed by atoms with van der Waals surface area (Å²) in [4.78, 5) is 0. The molecule has 4 nitrogen and oxygen atoms in total. The van der Waals surface area contributed by atoms with Crippen LogP contribution >= 0.6 is 0 Å². The first-order chi connectivity index (χ1) is 9.35. The van der Waals surface area contributed by atoms with Crippen LogP contribution in [0.15, 0.2) is 18.2 Å². The quantitative estimate of drug-likeness (QED) is 0.864. The van der Waals surface area contributed by atoms with Crippen LogP contribution in [0.1, 0.15) is 24.4 Å². The summed E-state index contributed by atoms with van der Waals surface area (Å²) in [6.07, 6.45) is 2.43. The highest BCUT2D eigenvalue weighted by Gasteiger charge is 2.24. The molecule has 1 saturated heterocycles. The molecule has 7 heteroatoms. The second-order valence-electron chi connectivity index (χ2n) is 5.06. The maximum absolute atomic E-state index is 13.2. The zero-order valence-electron chi connectivity index (χ0n) is 11.1. The largest absolute Gasteiger partial charge is 0.310 e. The van der Waals surface area contributed by atoms with E-state index < -0.39 is 21.8 Å². The average molecular weight is 305 g/mol. The fourth-order valence-electron chi connectivity index (χ4n) is 2.35. The number of nitrogens with one attached hydrogen (secondary N) is 1. The Morgan fingerprint density at radius 2 is 2.10 bits per heavy atom. The van der Waals surface area contributed by atoms with Crippen molar-refractivity contribution >= 4 is 10.1 Å². The number of hydrogen-bond acceptors (Lipinski definition) is 4. The molecule has 1 aromatic carbocycles. The van der Waals surface area contributed by atoms with E-state index in [2.05, 4.69) is 5.32 Å². The Bertz CT molecular complexity index is 577. The molecule has 0 unspecified atom stereocenters. The highest BCUT2D eigenvalue weighted by molar-refractivity contribution is 7.85. The first-order valence-electron chi connectivity index (χ1n) is 6.38. The third-order valence-corrected chi connectivity index (χ3v) is 3.94. The van der Waals surface area contributed by atoms with Gasteiger partial charge in [0.15, 0.2) is 11.6 Å². The van der Waals surface area contributed by atoms with Gasteiger partial charge in [0.2, 0.25) is 0 Å². The number of benzene rings is 1. The van der Waals surface area contributed by atoms with Gasteiger partial charge in [-0.3, -0.25) is 4.18 Å². The molecule has 0 radical (unpaired) electrons. The van der Waals surface area contributed by atoms with E-state index in [-0.39, 0.29) is 18.6 Å². The highest BCUT2D eigenvalue weighted by atomic mass is 32.2. The molecule has 0 amide bonds. The molecular formula is C13H17F2NO3S. The van der Waals surface area contributed by atoms with Crippen molar-refractivity contribution in [3.8, 4) is 0 Å². The van der Waals surface area contributed by atoms with Crippen molar-refractivity contribution in [3.63, 3.8) is 0 Å². The predicted octanol–water partition coefficient (Wildman–Crippen LogP) is 1.98. The van der Waals surface area contributed by atoms with Gasteiger partial charge in [-0.1, -0.05) is 6.07 Å². The standard InChI is InChI=1S/C13H17F2NO3S/c1-20(17,18)19-8-9-4-5-16-13(6-9)10-2-3-11(14)12(15)7-10/h2-3,7,9,13,16H,4-6,8H2,1H3/t9-,13+/m0/s1. The molecule has 0 bridgehead atoms. The topological polar surface area (TPSA) is 55.4 Å². The summed E-state index contributed by atoms with van der Waals surface area (Å²) in [5, 5.41) is 3.22. The van der Waals surface area contributed by atoms with Gasteiger partial charge in [0.25, 0.3) is 10.1 Å². The predicted molar refractivity (Wildman–Crippen MR) is 70.6 cm³/mol. The van der Waals surface area contributed by atoms with Gasteiger partial charge in [-0.2, -0.15) is 8.42 Å². The van der Waals surface area contributed by atoms with Gasteiger partial charge in [0.05, 0.1) is 12.9 Å². The van der Waals surface area contributed by atoms with E-state index in [4.69, 9.17) is 4.18 Å². The molecule has 0 saturated carbocycles. The van der Waals surface area contributed by atoms with Crippen LogP contribution in [0.4, 0.5) is 8.78 Å². The molecular weight excluding hydrogens is 288 g/mol. The fourth-order valence-corrected chi connectivity index (χ4v) is 2.79. The van der Waals surface area contributed by atoms with Crippen LogP contribution in [0.3, 0.4) is 0 Å². The zero-order chi connectivity index (χ0) is 14.8. The number of hydrogen-bond donors (Lipinski definition) is 1. The summed E-state index contributed by atoms with van der Waals surface area (Å²) < 4.78 is 52.9. The van der Waals surface area contributed by atoms with E-state index >= 15 is 0 Å². The SMILES string of the molecule is CS(=O)(=O)OC[C@H]1CCN[C@@H](c2ccc(F)c(F)c2)C1. The van der Waals surface area contributed by atoms with Gasteiger partial charge in [-0.25, -0.2) is 8.78 Å². The van der Waals surface area contributed by atoms with E-state index in [0.717, 1.165) is 18.7 Å². The van der Waals surface area contributed by atoms with E-state index in [9.17, 15) is 17.2 Å². The maximum Gasteiger partial charge on any atom is 0.264 e. The summed E-state index contributed by atoms with van der Waals surface area (Å²) in [7, 11) is -3.45. The lowest BCUT2D eigenvalue weighted by atomic mass is 9.89. The van der Waals surface area contributed by atoms with Crippen LogP contribution in [-0.4, -0.2) is 27.8 Å². The van der Waals surface area contributed by atoms with Crippen LogP contribution in [0.2, 0.25) is 0 Å². The molecule has 1 N–H and O–H groups in total. The lowest BCUT2D eigenvalue weighted by molar-refractivity contribution is 0.198. The van der Waals surface area contributed by atoms with Crippen molar-refractivity contribution in [2.45, 2.75) is 18.9 Å². The summed E-state index contributed by atoms with van der Waals surface area (Å²) in [6.45, 7) is 0.808. The molecule has 112 valence electrons. The van der Waals surface area contributed by atoms with Gasteiger partial charge >= 0.3 is 0 Å². The molecule has 0 spiro atoms. The van der Waals surface area contributed by atoms with Gasteiger partial charge in [0, 0.05) is 6.04 Å². The van der Waals surface area contributed by atoms with Gasteiger partial charge in [-0.15, -0.1) is 0 Å². The molecule has 1 aromatic rings. The minimum atomic E-state index is -3.45. The second-order valence-corrected chi connectivity index (χ2v) is 6.70.